The number of hydrogen-bond donors (Lipinski definition) is 0. The summed E-state index contributed by atoms with van der Waals surface area (Å²) >= 11 is 0. The monoisotopic (exact) mass is 193 g/mol. The third-order valence-corrected chi connectivity index (χ3v) is 2.39. The molecule has 0 aliphatic carbocycles. The molecule has 0 bridgehead atoms. The summed E-state index contributed by atoms with van der Waals surface area (Å²) in [6, 6.07) is 1.31. The number of Topliss-reactive ketones (excluding diaryl/α,β-unsaturated/α-hetero) is 1. The van der Waals surface area contributed by atoms with Crippen molar-refractivity contribution in [3.05, 3.63) is 34.2 Å². The molecule has 0 saturated heterocycles. The molecule has 1 rings (SSSR count). The Morgan fingerprint density at radius 1 is 1.57 bits per heavy atom. The largest absolute Gasteiger partial charge is 0.344 e. The van der Waals surface area contributed by atoms with Crippen LogP contribution in [-0.4, -0.2) is 10.4 Å². The molecule has 1 aromatic heterocycles. The van der Waals surface area contributed by atoms with Crippen molar-refractivity contribution in [3.8, 4) is 0 Å². The maximum absolute atomic E-state index is 11.4. The molecule has 0 aliphatic heterocycles. The SMILES string of the molecule is CCC(=O)C(C)n1ccc(=O)c(C)c1. The Balaban J connectivity index is 3.02. The van der Waals surface area contributed by atoms with Gasteiger partial charge in [-0.2, -0.15) is 0 Å². The van der Waals surface area contributed by atoms with Crippen LogP contribution in [0.5, 0.6) is 0 Å². The topological polar surface area (TPSA) is 39.1 Å². The molecule has 0 amide bonds. The van der Waals surface area contributed by atoms with E-state index in [0.717, 1.165) is 0 Å². The fraction of sp³-hybridized carbons (Fsp3) is 0.455. The van der Waals surface area contributed by atoms with Gasteiger partial charge >= 0.3 is 0 Å². The van der Waals surface area contributed by atoms with E-state index in [0.29, 0.717) is 12.0 Å². The fourth-order valence-corrected chi connectivity index (χ4v) is 1.32. The van der Waals surface area contributed by atoms with Gasteiger partial charge in [0.1, 0.15) is 0 Å². The molecular weight excluding hydrogens is 178 g/mol. The van der Waals surface area contributed by atoms with E-state index in [1.54, 1.807) is 23.9 Å². The molecule has 0 spiro atoms. The maximum atomic E-state index is 11.4. The van der Waals surface area contributed by atoms with E-state index >= 15 is 0 Å². The van der Waals surface area contributed by atoms with Crippen LogP contribution in [0.25, 0.3) is 0 Å². The first-order valence-corrected chi connectivity index (χ1v) is 4.77. The Hall–Kier alpha value is -1.38. The Morgan fingerprint density at radius 3 is 2.71 bits per heavy atom. The summed E-state index contributed by atoms with van der Waals surface area (Å²) in [4.78, 5) is 22.5. The molecule has 1 unspecified atom stereocenters. The van der Waals surface area contributed by atoms with Gasteiger partial charge in [-0.15, -0.1) is 0 Å². The molecule has 1 heterocycles. The number of carbonyl (C=O) groups is 1. The quantitative estimate of drug-likeness (QED) is 0.732. The zero-order valence-electron chi connectivity index (χ0n) is 8.78. The summed E-state index contributed by atoms with van der Waals surface area (Å²) in [6.45, 7) is 5.44. The van der Waals surface area contributed by atoms with Crippen LogP contribution in [0.3, 0.4) is 0 Å². The lowest BCUT2D eigenvalue weighted by Gasteiger charge is -2.13. The van der Waals surface area contributed by atoms with E-state index in [1.165, 1.54) is 6.07 Å². The van der Waals surface area contributed by atoms with Crippen LogP contribution in [0.15, 0.2) is 23.3 Å². The van der Waals surface area contributed by atoms with Gasteiger partial charge in [-0.1, -0.05) is 6.92 Å². The Bertz CT molecular complexity index is 393. The molecule has 0 fully saturated rings. The van der Waals surface area contributed by atoms with Crippen LogP contribution in [0.4, 0.5) is 0 Å². The van der Waals surface area contributed by atoms with E-state index in [1.807, 2.05) is 13.8 Å². The first kappa shape index (κ1) is 10.7. The number of pyridine rings is 1. The summed E-state index contributed by atoms with van der Waals surface area (Å²) in [6.07, 6.45) is 3.90. The van der Waals surface area contributed by atoms with Gasteiger partial charge in [0.2, 0.25) is 0 Å². The number of nitrogens with zero attached hydrogens (tertiary/aromatic N) is 1. The molecule has 1 aromatic rings. The van der Waals surface area contributed by atoms with E-state index < -0.39 is 0 Å². The second-order valence-electron chi connectivity index (χ2n) is 3.44. The molecule has 0 radical (unpaired) electrons. The van der Waals surface area contributed by atoms with Gasteiger partial charge in [0, 0.05) is 30.4 Å². The molecule has 0 aliphatic rings. The van der Waals surface area contributed by atoms with Crippen LogP contribution >= 0.6 is 0 Å². The van der Waals surface area contributed by atoms with Crippen molar-refractivity contribution >= 4 is 5.78 Å². The summed E-state index contributed by atoms with van der Waals surface area (Å²) < 4.78 is 1.78. The van der Waals surface area contributed by atoms with Gasteiger partial charge in [-0.05, 0) is 13.8 Å². The highest BCUT2D eigenvalue weighted by Gasteiger charge is 2.11. The summed E-state index contributed by atoms with van der Waals surface area (Å²) in [5.41, 5.74) is 0.681. The van der Waals surface area contributed by atoms with Crippen molar-refractivity contribution in [3.63, 3.8) is 0 Å². The van der Waals surface area contributed by atoms with Crippen molar-refractivity contribution in [2.75, 3.05) is 0 Å². The summed E-state index contributed by atoms with van der Waals surface area (Å²) in [5, 5.41) is 0. The second kappa shape index (κ2) is 4.22. The highest BCUT2D eigenvalue weighted by atomic mass is 16.1. The van der Waals surface area contributed by atoms with Gasteiger partial charge in [-0.25, -0.2) is 0 Å². The van der Waals surface area contributed by atoms with Gasteiger partial charge in [0.05, 0.1) is 6.04 Å². The number of carbonyl (C=O) groups excluding carboxylic acids is 1. The number of rotatable bonds is 3. The lowest BCUT2D eigenvalue weighted by Crippen LogP contribution is -2.18. The zero-order chi connectivity index (χ0) is 10.7. The van der Waals surface area contributed by atoms with Gasteiger partial charge in [0.15, 0.2) is 11.2 Å². The first-order chi connectivity index (χ1) is 6.56. The Kier molecular flexibility index (Phi) is 3.23. The lowest BCUT2D eigenvalue weighted by atomic mass is 10.1. The van der Waals surface area contributed by atoms with Crippen molar-refractivity contribution < 1.29 is 4.79 Å². The number of ketones is 1. The molecule has 76 valence electrons. The number of hydrogen-bond acceptors (Lipinski definition) is 2. The predicted molar refractivity (Wildman–Crippen MR) is 55.4 cm³/mol. The summed E-state index contributed by atoms with van der Waals surface area (Å²) in [7, 11) is 0. The predicted octanol–water partition coefficient (Wildman–Crippen LogP) is 1.70. The van der Waals surface area contributed by atoms with Gasteiger partial charge in [0.25, 0.3) is 0 Å². The highest BCUT2D eigenvalue weighted by Crippen LogP contribution is 2.08. The van der Waals surface area contributed by atoms with Gasteiger partial charge in [-0.3, -0.25) is 9.59 Å². The molecule has 3 heteroatoms. The number of aryl methyl sites for hydroxylation is 1. The van der Waals surface area contributed by atoms with E-state index in [4.69, 9.17) is 0 Å². The molecule has 14 heavy (non-hydrogen) atoms. The fourth-order valence-electron chi connectivity index (χ4n) is 1.32. The Morgan fingerprint density at radius 2 is 2.21 bits per heavy atom. The molecule has 3 nitrogen and oxygen atoms in total. The molecular formula is C11H15NO2. The standard InChI is InChI=1S/C11H15NO2/c1-4-10(13)9(3)12-6-5-11(14)8(2)7-12/h5-7,9H,4H2,1-3H3. The van der Waals surface area contributed by atoms with Crippen LogP contribution in [-0.2, 0) is 4.79 Å². The maximum Gasteiger partial charge on any atom is 0.184 e. The Labute approximate surface area is 83.4 Å². The van der Waals surface area contributed by atoms with Crippen molar-refractivity contribution in [2.24, 2.45) is 0 Å². The number of aromatic nitrogens is 1. The van der Waals surface area contributed by atoms with E-state index in [2.05, 4.69) is 0 Å². The van der Waals surface area contributed by atoms with E-state index in [-0.39, 0.29) is 17.3 Å². The molecule has 1 atom stereocenters. The van der Waals surface area contributed by atoms with Crippen LogP contribution in [0, 0.1) is 6.92 Å². The molecule has 0 N–H and O–H groups in total. The highest BCUT2D eigenvalue weighted by molar-refractivity contribution is 5.81. The smallest absolute Gasteiger partial charge is 0.184 e. The van der Waals surface area contributed by atoms with Crippen molar-refractivity contribution in [1.82, 2.24) is 4.57 Å². The minimum absolute atomic E-state index is 0.0115. The molecule has 0 aromatic carbocycles. The minimum atomic E-state index is -0.181. The molecule has 0 saturated carbocycles. The third-order valence-electron chi connectivity index (χ3n) is 2.39. The summed E-state index contributed by atoms with van der Waals surface area (Å²) in [5.74, 6) is 0.174. The first-order valence-electron chi connectivity index (χ1n) is 4.77. The zero-order valence-corrected chi connectivity index (χ0v) is 8.78. The van der Waals surface area contributed by atoms with Crippen LogP contribution in [0.2, 0.25) is 0 Å². The van der Waals surface area contributed by atoms with Crippen LogP contribution < -0.4 is 5.43 Å². The third kappa shape index (κ3) is 2.10. The van der Waals surface area contributed by atoms with E-state index in [9.17, 15) is 9.59 Å². The van der Waals surface area contributed by atoms with Crippen LogP contribution in [0.1, 0.15) is 31.9 Å². The average Bonchev–Trinajstić information content (AvgIpc) is 2.20. The van der Waals surface area contributed by atoms with Crippen molar-refractivity contribution in [2.45, 2.75) is 33.2 Å². The minimum Gasteiger partial charge on any atom is -0.344 e. The average molecular weight is 193 g/mol. The normalized spacial score (nSPS) is 12.5. The van der Waals surface area contributed by atoms with Gasteiger partial charge < -0.3 is 4.57 Å². The van der Waals surface area contributed by atoms with Crippen molar-refractivity contribution in [1.29, 1.82) is 0 Å². The second-order valence-corrected chi connectivity index (χ2v) is 3.44. The lowest BCUT2D eigenvalue weighted by molar-refractivity contribution is -0.121.